The van der Waals surface area contributed by atoms with E-state index < -0.39 is 39.4 Å². The first-order valence-electron chi connectivity index (χ1n) is 21.2. The van der Waals surface area contributed by atoms with E-state index in [4.69, 9.17) is 9.47 Å². The van der Waals surface area contributed by atoms with Gasteiger partial charge in [0.15, 0.2) is 11.5 Å². The van der Waals surface area contributed by atoms with Gasteiger partial charge >= 0.3 is 0 Å². The van der Waals surface area contributed by atoms with Crippen molar-refractivity contribution in [2.24, 2.45) is 0 Å². The molecule has 6 amide bonds. The largest absolute Gasteiger partial charge is 0.493 e. The van der Waals surface area contributed by atoms with E-state index in [1.807, 2.05) is 6.07 Å². The number of nitrogens with zero attached hydrogens (tertiary/aromatic N) is 3. The van der Waals surface area contributed by atoms with Gasteiger partial charge < -0.3 is 25.0 Å². The third-order valence-electron chi connectivity index (χ3n) is 11.4. The molecule has 62 heavy (non-hydrogen) atoms. The summed E-state index contributed by atoms with van der Waals surface area (Å²) < 4.78 is 36.3. The van der Waals surface area contributed by atoms with Crippen LogP contribution in [0.1, 0.15) is 102 Å². The quantitative estimate of drug-likeness (QED) is 0.106. The number of amides is 6. The third kappa shape index (κ3) is 11.8. The number of ether oxygens (including phenoxy) is 2. The maximum absolute atomic E-state index is 14.0. The van der Waals surface area contributed by atoms with Gasteiger partial charge in [-0.25, -0.2) is 8.42 Å². The maximum atomic E-state index is 14.0. The Kier molecular flexibility index (Phi) is 15.5. The molecular formula is C45H56N6O10S. The summed E-state index contributed by atoms with van der Waals surface area (Å²) in [7, 11) is -2.20. The predicted octanol–water partition coefficient (Wildman–Crippen LogP) is 4.53. The van der Waals surface area contributed by atoms with Crippen LogP contribution >= 0.6 is 0 Å². The molecule has 3 aromatic carbocycles. The van der Waals surface area contributed by atoms with Gasteiger partial charge in [-0.2, -0.15) is 0 Å². The average molecular weight is 873 g/mol. The van der Waals surface area contributed by atoms with E-state index in [9.17, 15) is 37.2 Å². The summed E-state index contributed by atoms with van der Waals surface area (Å²) >= 11 is 0. The number of nitrogens with one attached hydrogen (secondary N) is 3. The van der Waals surface area contributed by atoms with Crippen LogP contribution in [0.5, 0.6) is 11.5 Å². The highest BCUT2D eigenvalue weighted by molar-refractivity contribution is 7.90. The van der Waals surface area contributed by atoms with E-state index in [1.165, 1.54) is 13.2 Å². The van der Waals surface area contributed by atoms with Gasteiger partial charge in [-0.05, 0) is 80.3 Å². The first kappa shape index (κ1) is 45.9. The second kappa shape index (κ2) is 20.9. The van der Waals surface area contributed by atoms with E-state index in [0.29, 0.717) is 48.6 Å². The summed E-state index contributed by atoms with van der Waals surface area (Å²) in [5.74, 6) is -2.47. The normalized spacial score (nSPS) is 17.7. The predicted molar refractivity (Wildman–Crippen MR) is 233 cm³/mol. The summed E-state index contributed by atoms with van der Waals surface area (Å²) in [4.78, 5) is 82.9. The number of methoxy groups -OCH3 is 1. The molecule has 0 radical (unpaired) electrons. The minimum Gasteiger partial charge on any atom is -0.493 e. The highest BCUT2D eigenvalue weighted by Gasteiger charge is 2.43. The lowest BCUT2D eigenvalue weighted by Crippen LogP contribution is -2.48. The molecule has 1 unspecified atom stereocenters. The summed E-state index contributed by atoms with van der Waals surface area (Å²) in [6.07, 6.45) is 6.51. The number of hydrogen-bond donors (Lipinski definition) is 3. The van der Waals surface area contributed by atoms with Gasteiger partial charge in [0.05, 0.1) is 54.8 Å². The first-order chi connectivity index (χ1) is 29.7. The fourth-order valence-electron chi connectivity index (χ4n) is 8.25. The number of imide groups is 2. The molecule has 3 heterocycles. The van der Waals surface area contributed by atoms with Crippen LogP contribution in [0.3, 0.4) is 0 Å². The zero-order valence-corrected chi connectivity index (χ0v) is 36.4. The highest BCUT2D eigenvalue weighted by Crippen LogP contribution is 2.39. The maximum Gasteiger partial charge on any atom is 0.264 e. The smallest absolute Gasteiger partial charge is 0.264 e. The van der Waals surface area contributed by atoms with Gasteiger partial charge in [0.25, 0.3) is 11.8 Å². The molecule has 3 aliphatic rings. The molecule has 3 aromatic rings. The van der Waals surface area contributed by atoms with Crippen molar-refractivity contribution >= 4 is 56.7 Å². The Morgan fingerprint density at radius 3 is 2.29 bits per heavy atom. The fourth-order valence-corrected chi connectivity index (χ4v) is 9.16. The zero-order chi connectivity index (χ0) is 44.4. The summed E-state index contributed by atoms with van der Waals surface area (Å²) in [5.41, 5.74) is 2.10. The highest BCUT2D eigenvalue weighted by atomic mass is 32.2. The molecule has 2 atom stereocenters. The van der Waals surface area contributed by atoms with Crippen molar-refractivity contribution in [1.29, 1.82) is 0 Å². The van der Waals surface area contributed by atoms with Crippen molar-refractivity contribution in [3.63, 3.8) is 0 Å². The van der Waals surface area contributed by atoms with Gasteiger partial charge in [0.2, 0.25) is 23.6 Å². The monoisotopic (exact) mass is 872 g/mol. The topological polar surface area (TPSA) is 201 Å². The van der Waals surface area contributed by atoms with Crippen LogP contribution in [0.15, 0.2) is 60.7 Å². The molecule has 6 rings (SSSR count). The van der Waals surface area contributed by atoms with E-state index in [-0.39, 0.29) is 53.4 Å². The summed E-state index contributed by atoms with van der Waals surface area (Å²) in [5, 5.41) is 8.15. The van der Waals surface area contributed by atoms with Crippen LogP contribution in [0, 0.1) is 0 Å². The number of anilines is 2. The number of carbonyl (C=O) groups excluding carboxylic acids is 6. The van der Waals surface area contributed by atoms with Crippen molar-refractivity contribution in [3.8, 4) is 11.5 Å². The molecule has 2 fully saturated rings. The van der Waals surface area contributed by atoms with Gasteiger partial charge in [0, 0.05) is 51.0 Å². The number of rotatable bonds is 20. The molecule has 0 saturated carbocycles. The number of hydrogen-bond acceptors (Lipinski definition) is 12. The lowest BCUT2D eigenvalue weighted by atomic mass is 9.90. The second-order valence-electron chi connectivity index (χ2n) is 16.0. The van der Waals surface area contributed by atoms with Crippen molar-refractivity contribution in [3.05, 3.63) is 82.9 Å². The number of unbranched alkanes of at least 4 members (excludes halogenated alkanes) is 4. The van der Waals surface area contributed by atoms with Gasteiger partial charge in [-0.15, -0.1) is 0 Å². The number of fused-ring (bicyclic) bond motifs is 1. The lowest BCUT2D eigenvalue weighted by molar-refractivity contribution is -0.134. The number of piperazine rings is 1. The molecule has 332 valence electrons. The van der Waals surface area contributed by atoms with Crippen molar-refractivity contribution in [2.45, 2.75) is 70.3 Å². The van der Waals surface area contributed by atoms with Gasteiger partial charge in [0.1, 0.15) is 9.84 Å². The molecule has 0 aromatic heterocycles. The molecule has 0 spiro atoms. The standard InChI is InChI=1S/C45H56N6O10S/c1-4-61-38-27-31(17-19-37(38)60-2)36(29-62(3,58)59)51-44(56)34-14-11-15-35(42(34)45(51)57)47-39(52)16-8-6-5-7-9-21-49-22-24-50(25-23-49)28-41(54)46-32-13-10-12-30(26-32)33-18-20-40(53)48-43(33)55/h10-15,17,19,26-27,33,36H,4-9,16,18,20-25,28-29H2,1-3H3,(H,46,54)(H,47,52)(H,48,53,55)/t33?,36-/m1/s1. The van der Waals surface area contributed by atoms with Gasteiger partial charge in [-0.3, -0.25) is 43.9 Å². The second-order valence-corrected chi connectivity index (χ2v) is 18.2. The number of benzene rings is 3. The Bertz CT molecular complexity index is 2280. The SMILES string of the molecule is CCOc1cc([C@@H](CS(C)(=O)=O)N2C(=O)c3cccc(NC(=O)CCCCCCCN4CCN(CC(=O)Nc5cccc(C6CCC(=O)NC6=O)c5)CC4)c3C2=O)ccc1OC. The van der Waals surface area contributed by atoms with Crippen LogP contribution in [0.2, 0.25) is 0 Å². The van der Waals surface area contributed by atoms with Crippen LogP contribution in [0.25, 0.3) is 0 Å². The van der Waals surface area contributed by atoms with Crippen LogP contribution < -0.4 is 25.4 Å². The average Bonchev–Trinajstić information content (AvgIpc) is 3.49. The molecule has 0 aliphatic carbocycles. The van der Waals surface area contributed by atoms with Crippen LogP contribution in [0.4, 0.5) is 11.4 Å². The van der Waals surface area contributed by atoms with Crippen LogP contribution in [-0.4, -0.2) is 124 Å². The Labute approximate surface area is 362 Å². The number of carbonyl (C=O) groups is 6. The summed E-state index contributed by atoms with van der Waals surface area (Å²) in [6.45, 7) is 6.61. The first-order valence-corrected chi connectivity index (χ1v) is 23.3. The lowest BCUT2D eigenvalue weighted by Gasteiger charge is -2.34. The molecule has 2 saturated heterocycles. The molecule has 0 bridgehead atoms. The number of piperidine rings is 1. The number of sulfone groups is 1. The molecule has 3 aliphatic heterocycles. The van der Waals surface area contributed by atoms with E-state index >= 15 is 0 Å². The molecule has 17 heteroatoms. The van der Waals surface area contributed by atoms with Crippen molar-refractivity contribution in [2.75, 3.05) is 75.6 Å². The Balaban J connectivity index is 0.902. The third-order valence-corrected chi connectivity index (χ3v) is 12.3. The van der Waals surface area contributed by atoms with Gasteiger partial charge in [-0.1, -0.05) is 43.5 Å². The Morgan fingerprint density at radius 1 is 0.839 bits per heavy atom. The fraction of sp³-hybridized carbons (Fsp3) is 0.467. The van der Waals surface area contributed by atoms with Crippen molar-refractivity contribution in [1.82, 2.24) is 20.0 Å². The van der Waals surface area contributed by atoms with E-state index in [1.54, 1.807) is 55.5 Å². The van der Waals surface area contributed by atoms with Crippen LogP contribution in [-0.2, 0) is 29.0 Å². The Hall–Kier alpha value is -5.65. The van der Waals surface area contributed by atoms with Crippen molar-refractivity contribution < 1.29 is 46.7 Å². The minimum atomic E-state index is -3.67. The Morgan fingerprint density at radius 2 is 1.56 bits per heavy atom. The molecule has 16 nitrogen and oxygen atoms in total. The van der Waals surface area contributed by atoms with E-state index in [2.05, 4.69) is 25.8 Å². The molecule has 3 N–H and O–H groups in total. The zero-order valence-electron chi connectivity index (χ0n) is 35.6. The van der Waals surface area contributed by atoms with E-state index in [0.717, 1.165) is 75.1 Å². The minimum absolute atomic E-state index is 0.0290. The summed E-state index contributed by atoms with van der Waals surface area (Å²) in [6, 6.07) is 15.5. The molecular weight excluding hydrogens is 817 g/mol.